The molecule has 0 radical (unpaired) electrons. The van der Waals surface area contributed by atoms with Gasteiger partial charge in [0, 0.05) is 17.9 Å². The summed E-state index contributed by atoms with van der Waals surface area (Å²) in [5, 5.41) is 3.32. The van der Waals surface area contributed by atoms with Gasteiger partial charge in [-0.2, -0.15) is 0 Å². The molecule has 0 spiro atoms. The molecule has 0 amide bonds. The molecule has 3 nitrogen and oxygen atoms in total. The van der Waals surface area contributed by atoms with Gasteiger partial charge in [0.05, 0.1) is 0 Å². The van der Waals surface area contributed by atoms with Crippen LogP contribution in [0.15, 0.2) is 6.07 Å². The van der Waals surface area contributed by atoms with Crippen molar-refractivity contribution in [1.29, 1.82) is 0 Å². The van der Waals surface area contributed by atoms with Crippen molar-refractivity contribution in [2.75, 3.05) is 11.9 Å². The van der Waals surface area contributed by atoms with Crippen LogP contribution in [0.2, 0.25) is 0 Å². The third-order valence-electron chi connectivity index (χ3n) is 2.78. The Bertz CT molecular complexity index is 334. The maximum atomic E-state index is 4.53. The van der Waals surface area contributed by atoms with Gasteiger partial charge in [-0.3, -0.25) is 0 Å². The standard InChI is InChI=1S/C14H25N3/c1-5-6-7-8-9-15-14-16-12(4)10-13(17-14)11(2)3/h10-11H,5-9H2,1-4H3,(H,15,16,17). The van der Waals surface area contributed by atoms with Gasteiger partial charge in [0.25, 0.3) is 0 Å². The molecule has 0 aromatic carbocycles. The lowest BCUT2D eigenvalue weighted by Crippen LogP contribution is -2.08. The van der Waals surface area contributed by atoms with Crippen LogP contribution >= 0.6 is 0 Å². The molecule has 1 rings (SSSR count). The molecule has 1 heterocycles. The number of anilines is 1. The summed E-state index contributed by atoms with van der Waals surface area (Å²) in [6.07, 6.45) is 5.07. The molecule has 0 aliphatic carbocycles. The summed E-state index contributed by atoms with van der Waals surface area (Å²) in [7, 11) is 0. The monoisotopic (exact) mass is 235 g/mol. The Kier molecular flexibility index (Phi) is 5.95. The fourth-order valence-electron chi connectivity index (χ4n) is 1.72. The fourth-order valence-corrected chi connectivity index (χ4v) is 1.72. The molecular weight excluding hydrogens is 210 g/mol. The van der Waals surface area contributed by atoms with Crippen molar-refractivity contribution < 1.29 is 0 Å². The van der Waals surface area contributed by atoms with Crippen LogP contribution in [-0.4, -0.2) is 16.5 Å². The van der Waals surface area contributed by atoms with Crippen molar-refractivity contribution in [2.24, 2.45) is 0 Å². The molecule has 1 N–H and O–H groups in total. The van der Waals surface area contributed by atoms with E-state index >= 15 is 0 Å². The average Bonchev–Trinajstić information content (AvgIpc) is 2.28. The summed E-state index contributed by atoms with van der Waals surface area (Å²) in [5.74, 6) is 1.24. The molecule has 0 bridgehead atoms. The van der Waals surface area contributed by atoms with E-state index in [0.29, 0.717) is 5.92 Å². The van der Waals surface area contributed by atoms with Crippen molar-refractivity contribution in [3.8, 4) is 0 Å². The quantitative estimate of drug-likeness (QED) is 0.728. The van der Waals surface area contributed by atoms with Gasteiger partial charge >= 0.3 is 0 Å². The number of nitrogens with zero attached hydrogens (tertiary/aromatic N) is 2. The van der Waals surface area contributed by atoms with Crippen LogP contribution in [0, 0.1) is 6.92 Å². The van der Waals surface area contributed by atoms with Crippen LogP contribution in [0.3, 0.4) is 0 Å². The minimum atomic E-state index is 0.456. The molecular formula is C14H25N3. The molecule has 0 atom stereocenters. The molecule has 1 aromatic heterocycles. The topological polar surface area (TPSA) is 37.8 Å². The summed E-state index contributed by atoms with van der Waals surface area (Å²) in [5.41, 5.74) is 2.16. The summed E-state index contributed by atoms with van der Waals surface area (Å²) in [4.78, 5) is 8.94. The molecule has 0 aliphatic heterocycles. The van der Waals surface area contributed by atoms with Crippen LogP contribution in [0.1, 0.15) is 63.8 Å². The van der Waals surface area contributed by atoms with Crippen molar-refractivity contribution in [3.63, 3.8) is 0 Å². The Morgan fingerprint density at radius 1 is 1.18 bits per heavy atom. The van der Waals surface area contributed by atoms with Crippen molar-refractivity contribution in [2.45, 2.75) is 59.3 Å². The fraction of sp³-hybridized carbons (Fsp3) is 0.714. The Morgan fingerprint density at radius 3 is 2.59 bits per heavy atom. The first-order chi connectivity index (χ1) is 8.13. The van der Waals surface area contributed by atoms with Gasteiger partial charge in [-0.1, -0.05) is 40.0 Å². The van der Waals surface area contributed by atoms with Crippen molar-refractivity contribution in [1.82, 2.24) is 9.97 Å². The highest BCUT2D eigenvalue weighted by Gasteiger charge is 2.05. The second-order valence-corrected chi connectivity index (χ2v) is 4.90. The van der Waals surface area contributed by atoms with E-state index in [1.54, 1.807) is 0 Å². The third-order valence-corrected chi connectivity index (χ3v) is 2.78. The molecule has 1 aromatic rings. The van der Waals surface area contributed by atoms with Gasteiger partial charge in [-0.05, 0) is 25.3 Å². The van der Waals surface area contributed by atoms with Gasteiger partial charge in [0.2, 0.25) is 5.95 Å². The highest BCUT2D eigenvalue weighted by Crippen LogP contribution is 2.14. The molecule has 0 saturated carbocycles. The van der Waals surface area contributed by atoms with E-state index in [-0.39, 0.29) is 0 Å². The lowest BCUT2D eigenvalue weighted by atomic mass is 10.1. The van der Waals surface area contributed by atoms with Crippen LogP contribution in [0.4, 0.5) is 5.95 Å². The molecule has 0 unspecified atom stereocenters. The van der Waals surface area contributed by atoms with Crippen molar-refractivity contribution >= 4 is 5.95 Å². The number of hydrogen-bond donors (Lipinski definition) is 1. The molecule has 0 fully saturated rings. The van der Waals surface area contributed by atoms with E-state index in [9.17, 15) is 0 Å². The Hall–Kier alpha value is -1.12. The highest BCUT2D eigenvalue weighted by molar-refractivity contribution is 5.28. The first-order valence-electron chi connectivity index (χ1n) is 6.73. The van der Waals surface area contributed by atoms with Gasteiger partial charge in [0.15, 0.2) is 0 Å². The normalized spacial score (nSPS) is 10.9. The Labute approximate surface area is 105 Å². The lowest BCUT2D eigenvalue weighted by molar-refractivity contribution is 0.682. The van der Waals surface area contributed by atoms with E-state index in [1.807, 2.05) is 6.92 Å². The average molecular weight is 235 g/mol. The maximum absolute atomic E-state index is 4.53. The van der Waals surface area contributed by atoms with Crippen molar-refractivity contribution in [3.05, 3.63) is 17.5 Å². The zero-order chi connectivity index (χ0) is 12.7. The SMILES string of the molecule is CCCCCCNc1nc(C)cc(C(C)C)n1. The number of hydrogen-bond acceptors (Lipinski definition) is 3. The highest BCUT2D eigenvalue weighted by atomic mass is 15.1. The minimum absolute atomic E-state index is 0.456. The Balaban J connectivity index is 2.47. The number of aryl methyl sites for hydroxylation is 1. The second kappa shape index (κ2) is 7.25. The molecule has 17 heavy (non-hydrogen) atoms. The van der Waals surface area contributed by atoms with E-state index < -0.39 is 0 Å². The van der Waals surface area contributed by atoms with Gasteiger partial charge in [-0.25, -0.2) is 9.97 Å². The van der Waals surface area contributed by atoms with Gasteiger partial charge < -0.3 is 5.32 Å². The molecule has 3 heteroatoms. The summed E-state index contributed by atoms with van der Waals surface area (Å²) >= 11 is 0. The van der Waals surface area contributed by atoms with E-state index in [1.165, 1.54) is 25.7 Å². The zero-order valence-corrected chi connectivity index (χ0v) is 11.6. The van der Waals surface area contributed by atoms with E-state index in [2.05, 4.69) is 42.1 Å². The number of unbranched alkanes of at least 4 members (excludes halogenated alkanes) is 3. The number of aromatic nitrogens is 2. The van der Waals surface area contributed by atoms with Gasteiger partial charge in [0.1, 0.15) is 0 Å². The summed E-state index contributed by atoms with van der Waals surface area (Å²) in [6.45, 7) is 9.54. The molecule has 0 aliphatic rings. The molecule has 96 valence electrons. The van der Waals surface area contributed by atoms with E-state index in [0.717, 1.165) is 23.9 Å². The predicted octanol–water partition coefficient (Wildman–Crippen LogP) is 3.90. The maximum Gasteiger partial charge on any atom is 0.223 e. The van der Waals surface area contributed by atoms with E-state index in [4.69, 9.17) is 0 Å². The second-order valence-electron chi connectivity index (χ2n) is 4.90. The first kappa shape index (κ1) is 13.9. The molecule has 0 saturated heterocycles. The zero-order valence-electron chi connectivity index (χ0n) is 11.6. The smallest absolute Gasteiger partial charge is 0.223 e. The van der Waals surface area contributed by atoms with Gasteiger partial charge in [-0.15, -0.1) is 0 Å². The predicted molar refractivity (Wildman–Crippen MR) is 73.5 cm³/mol. The number of nitrogens with one attached hydrogen (secondary N) is 1. The number of rotatable bonds is 7. The van der Waals surface area contributed by atoms with Crippen LogP contribution in [0.5, 0.6) is 0 Å². The van der Waals surface area contributed by atoms with Crippen LogP contribution < -0.4 is 5.32 Å². The Morgan fingerprint density at radius 2 is 1.94 bits per heavy atom. The van der Waals surface area contributed by atoms with Crippen LogP contribution in [0.25, 0.3) is 0 Å². The third kappa shape index (κ3) is 5.16. The van der Waals surface area contributed by atoms with Crippen LogP contribution in [-0.2, 0) is 0 Å². The summed E-state index contributed by atoms with van der Waals surface area (Å²) < 4.78 is 0. The lowest BCUT2D eigenvalue weighted by Gasteiger charge is -2.09. The largest absolute Gasteiger partial charge is 0.354 e. The minimum Gasteiger partial charge on any atom is -0.354 e. The first-order valence-corrected chi connectivity index (χ1v) is 6.73. The summed E-state index contributed by atoms with van der Waals surface area (Å²) in [6, 6.07) is 2.06.